The topological polar surface area (TPSA) is 68.0 Å². The van der Waals surface area contributed by atoms with Gasteiger partial charge in [0.25, 0.3) is 0 Å². The molecule has 0 unspecified atom stereocenters. The monoisotopic (exact) mass is 438 g/mol. The number of hydrogen-bond acceptors (Lipinski definition) is 7. The predicted octanol–water partition coefficient (Wildman–Crippen LogP) is 5.78. The Morgan fingerprint density at radius 2 is 1.38 bits per heavy atom. The number of oxime groups is 3. The molecule has 7 nitrogen and oxygen atoms in total. The minimum Gasteiger partial charge on any atom is -0.391 e. The van der Waals surface area contributed by atoms with Gasteiger partial charge in [0.1, 0.15) is 6.61 Å². The third-order valence-electron chi connectivity index (χ3n) is 4.34. The summed E-state index contributed by atoms with van der Waals surface area (Å²) in [6, 6.07) is 14.1. The molecule has 32 heavy (non-hydrogen) atoms. The summed E-state index contributed by atoms with van der Waals surface area (Å²) >= 11 is 0. The summed E-state index contributed by atoms with van der Waals surface area (Å²) in [5.41, 5.74) is 3.33. The molecule has 0 fully saturated rings. The number of rotatable bonds is 14. The van der Waals surface area contributed by atoms with Gasteiger partial charge in [-0.1, -0.05) is 66.6 Å². The molecule has 7 heteroatoms. The summed E-state index contributed by atoms with van der Waals surface area (Å²) in [4.78, 5) is 18.5. The molecular formula is C25H34N4O3. The van der Waals surface area contributed by atoms with Crippen LogP contribution in [0.2, 0.25) is 0 Å². The van der Waals surface area contributed by atoms with Gasteiger partial charge in [0.15, 0.2) is 11.5 Å². The summed E-state index contributed by atoms with van der Waals surface area (Å²) in [5.74, 6) is 1.27. The lowest BCUT2D eigenvalue weighted by atomic mass is 10.1. The van der Waals surface area contributed by atoms with E-state index < -0.39 is 0 Å². The van der Waals surface area contributed by atoms with Crippen LogP contribution < -0.4 is 9.68 Å². The van der Waals surface area contributed by atoms with Crippen molar-refractivity contribution in [3.63, 3.8) is 0 Å². The van der Waals surface area contributed by atoms with Crippen LogP contribution in [0.1, 0.15) is 56.7 Å². The van der Waals surface area contributed by atoms with Crippen LogP contribution in [0.15, 0.2) is 57.9 Å². The van der Waals surface area contributed by atoms with E-state index in [9.17, 15) is 0 Å². The summed E-state index contributed by atoms with van der Waals surface area (Å²) < 4.78 is 0. The van der Waals surface area contributed by atoms with E-state index in [1.165, 1.54) is 5.56 Å². The zero-order valence-corrected chi connectivity index (χ0v) is 19.5. The van der Waals surface area contributed by atoms with E-state index >= 15 is 0 Å². The van der Waals surface area contributed by atoms with Crippen molar-refractivity contribution in [1.29, 1.82) is 0 Å². The third kappa shape index (κ3) is 9.31. The molecule has 0 atom stereocenters. The Morgan fingerprint density at radius 1 is 0.750 bits per heavy atom. The molecule has 0 saturated carbocycles. The molecule has 0 amide bonds. The highest BCUT2D eigenvalue weighted by molar-refractivity contribution is 5.56. The van der Waals surface area contributed by atoms with Gasteiger partial charge in [-0.3, -0.25) is 4.90 Å². The quantitative estimate of drug-likeness (QED) is 0.277. The second-order valence-electron chi connectivity index (χ2n) is 7.30. The molecule has 2 aromatic rings. The Labute approximate surface area is 191 Å². The van der Waals surface area contributed by atoms with Crippen molar-refractivity contribution < 1.29 is 14.5 Å². The van der Waals surface area contributed by atoms with Crippen LogP contribution in [0.5, 0.6) is 11.5 Å². The lowest BCUT2D eigenvalue weighted by Gasteiger charge is -2.18. The van der Waals surface area contributed by atoms with Crippen LogP contribution in [-0.2, 0) is 24.5 Å². The molecule has 0 bridgehead atoms. The first-order valence-corrected chi connectivity index (χ1v) is 11.1. The van der Waals surface area contributed by atoms with E-state index in [0.29, 0.717) is 24.7 Å². The van der Waals surface area contributed by atoms with E-state index in [0.717, 1.165) is 36.9 Å². The fraction of sp³-hybridized carbons (Fsp3) is 0.400. The highest BCUT2D eigenvalue weighted by Crippen LogP contribution is 2.27. The van der Waals surface area contributed by atoms with Gasteiger partial charge in [-0.15, -0.1) is 0 Å². The third-order valence-corrected chi connectivity index (χ3v) is 4.34. The van der Waals surface area contributed by atoms with Crippen molar-refractivity contribution in [2.45, 2.75) is 59.7 Å². The fourth-order valence-corrected chi connectivity index (χ4v) is 2.79. The Balaban J connectivity index is 2.00. The van der Waals surface area contributed by atoms with Crippen molar-refractivity contribution in [1.82, 2.24) is 4.90 Å². The molecule has 172 valence electrons. The summed E-state index contributed by atoms with van der Waals surface area (Å²) in [7, 11) is 2.07. The molecule has 2 aromatic carbocycles. The lowest BCUT2D eigenvalue weighted by Crippen LogP contribution is -2.17. The van der Waals surface area contributed by atoms with Crippen LogP contribution in [0.25, 0.3) is 0 Å². The van der Waals surface area contributed by atoms with E-state index in [1.54, 1.807) is 18.6 Å². The average molecular weight is 439 g/mol. The SMILES string of the molecule is CC/C=N/OCc1ccc(CN(C)Cc2ccc(O/N=C/CC)cc2O/N=C/CC)cc1. The molecule has 0 aliphatic carbocycles. The van der Waals surface area contributed by atoms with E-state index in [1.807, 2.05) is 39.0 Å². The molecule has 0 radical (unpaired) electrons. The minimum atomic E-state index is 0.475. The lowest BCUT2D eigenvalue weighted by molar-refractivity contribution is 0.131. The predicted molar refractivity (Wildman–Crippen MR) is 130 cm³/mol. The smallest absolute Gasteiger partial charge is 0.166 e. The van der Waals surface area contributed by atoms with Crippen molar-refractivity contribution >= 4 is 18.6 Å². The zero-order chi connectivity index (χ0) is 23.0. The molecule has 0 spiro atoms. The first-order chi connectivity index (χ1) is 15.7. The molecule has 0 heterocycles. The number of nitrogens with zero attached hydrogens (tertiary/aromatic N) is 4. The van der Waals surface area contributed by atoms with Gasteiger partial charge in [0, 0.05) is 43.4 Å². The van der Waals surface area contributed by atoms with Crippen LogP contribution >= 0.6 is 0 Å². The molecular weight excluding hydrogens is 404 g/mol. The Hall–Kier alpha value is -3.19. The molecule has 0 saturated heterocycles. The van der Waals surface area contributed by atoms with E-state index in [2.05, 4.69) is 51.7 Å². The largest absolute Gasteiger partial charge is 0.391 e. The first kappa shape index (κ1) is 25.1. The summed E-state index contributed by atoms with van der Waals surface area (Å²) in [6.07, 6.45) is 7.69. The zero-order valence-electron chi connectivity index (χ0n) is 19.5. The van der Waals surface area contributed by atoms with E-state index in [4.69, 9.17) is 14.5 Å². The Kier molecular flexibility index (Phi) is 11.6. The van der Waals surface area contributed by atoms with Crippen molar-refractivity contribution in [3.05, 3.63) is 59.2 Å². The van der Waals surface area contributed by atoms with Gasteiger partial charge in [-0.25, -0.2) is 0 Å². The van der Waals surface area contributed by atoms with Crippen LogP contribution in [0.4, 0.5) is 0 Å². The Morgan fingerprint density at radius 3 is 2.06 bits per heavy atom. The normalized spacial score (nSPS) is 11.8. The molecule has 0 N–H and O–H groups in total. The van der Waals surface area contributed by atoms with Crippen LogP contribution in [0, 0.1) is 0 Å². The second kappa shape index (κ2) is 14.8. The fourth-order valence-electron chi connectivity index (χ4n) is 2.79. The van der Waals surface area contributed by atoms with Crippen LogP contribution in [0.3, 0.4) is 0 Å². The minimum absolute atomic E-state index is 0.475. The average Bonchev–Trinajstić information content (AvgIpc) is 2.79. The standard InChI is InChI=1S/C25H34N4O3/c1-5-14-26-30-20-22-10-8-21(9-11-22)18-29(4)19-23-12-13-24(31-27-15-6-2)17-25(23)32-28-16-7-3/h8-17H,5-7,18-20H2,1-4H3/b26-14+,27-15+,28-16+. The van der Waals surface area contributed by atoms with Crippen LogP contribution in [-0.4, -0.2) is 30.6 Å². The molecule has 0 aromatic heterocycles. The summed E-state index contributed by atoms with van der Waals surface area (Å²) in [5, 5.41) is 11.9. The number of benzene rings is 2. The van der Waals surface area contributed by atoms with Gasteiger partial charge in [-0.05, 0) is 43.5 Å². The maximum Gasteiger partial charge on any atom is 0.166 e. The summed E-state index contributed by atoms with van der Waals surface area (Å²) in [6.45, 7) is 8.01. The maximum absolute atomic E-state index is 5.63. The van der Waals surface area contributed by atoms with Crippen molar-refractivity contribution in [3.8, 4) is 11.5 Å². The van der Waals surface area contributed by atoms with Gasteiger partial charge in [0.05, 0.1) is 0 Å². The number of hydrogen-bond donors (Lipinski definition) is 0. The molecule has 0 aliphatic rings. The van der Waals surface area contributed by atoms with Crippen molar-refractivity contribution in [2.24, 2.45) is 15.5 Å². The van der Waals surface area contributed by atoms with Crippen molar-refractivity contribution in [2.75, 3.05) is 7.05 Å². The van der Waals surface area contributed by atoms with E-state index in [-0.39, 0.29) is 0 Å². The Bertz CT molecular complexity index is 879. The second-order valence-corrected chi connectivity index (χ2v) is 7.30. The maximum atomic E-state index is 5.63. The van der Waals surface area contributed by atoms with Gasteiger partial charge in [-0.2, -0.15) is 0 Å². The highest BCUT2D eigenvalue weighted by Gasteiger charge is 2.10. The van der Waals surface area contributed by atoms with Gasteiger partial charge < -0.3 is 14.5 Å². The molecule has 2 rings (SSSR count). The highest BCUT2D eigenvalue weighted by atomic mass is 16.6. The van der Waals surface area contributed by atoms with Gasteiger partial charge in [0.2, 0.25) is 0 Å². The van der Waals surface area contributed by atoms with Gasteiger partial charge >= 0.3 is 0 Å². The molecule has 0 aliphatic heterocycles. The first-order valence-electron chi connectivity index (χ1n) is 11.1.